The summed E-state index contributed by atoms with van der Waals surface area (Å²) in [5.74, 6) is 0.655. The summed E-state index contributed by atoms with van der Waals surface area (Å²) in [4.78, 5) is 47.9. The van der Waals surface area contributed by atoms with Gasteiger partial charge < -0.3 is 4.74 Å². The van der Waals surface area contributed by atoms with Crippen LogP contribution in [0.2, 0.25) is 0 Å². The number of nitrogens with zero attached hydrogens (tertiary/aromatic N) is 1. The molecule has 1 heterocycles. The molecule has 0 bridgehead atoms. The molecule has 0 aromatic carbocycles. The van der Waals surface area contributed by atoms with Gasteiger partial charge in [0.15, 0.2) is 0 Å². The number of amides is 2. The molecule has 1 saturated heterocycles. The van der Waals surface area contributed by atoms with E-state index in [9.17, 15) is 19.2 Å². The van der Waals surface area contributed by atoms with Crippen LogP contribution in [0.3, 0.4) is 0 Å². The van der Waals surface area contributed by atoms with Gasteiger partial charge in [-0.05, 0) is 26.2 Å². The average molecular weight is 484 g/mol. The minimum Gasteiger partial charge on any atom is -0.468 e. The third-order valence-electron chi connectivity index (χ3n) is 6.48. The van der Waals surface area contributed by atoms with Gasteiger partial charge in [0.2, 0.25) is 11.8 Å². The molecular formula is C26H45NO5S. The molecule has 190 valence electrons. The van der Waals surface area contributed by atoms with Crippen LogP contribution in [-0.4, -0.2) is 53.1 Å². The van der Waals surface area contributed by atoms with Crippen molar-refractivity contribution in [2.45, 2.75) is 115 Å². The van der Waals surface area contributed by atoms with E-state index in [0.29, 0.717) is 25.4 Å². The molecule has 0 N–H and O–H groups in total. The zero-order valence-electron chi connectivity index (χ0n) is 20.9. The molecule has 0 saturated carbocycles. The number of hydrogen-bond acceptors (Lipinski definition) is 6. The summed E-state index contributed by atoms with van der Waals surface area (Å²) in [6.45, 7) is 5.20. The highest BCUT2D eigenvalue weighted by molar-refractivity contribution is 8.00. The Morgan fingerprint density at radius 2 is 1.48 bits per heavy atom. The smallest absolute Gasteiger partial charge is 0.293 e. The summed E-state index contributed by atoms with van der Waals surface area (Å²) in [6, 6.07) is 0. The highest BCUT2D eigenvalue weighted by Crippen LogP contribution is 2.28. The van der Waals surface area contributed by atoms with Crippen molar-refractivity contribution in [3.05, 3.63) is 0 Å². The van der Waals surface area contributed by atoms with Gasteiger partial charge in [0.25, 0.3) is 6.47 Å². The van der Waals surface area contributed by atoms with Crippen LogP contribution in [0.5, 0.6) is 0 Å². The third kappa shape index (κ3) is 13.2. The van der Waals surface area contributed by atoms with Crippen molar-refractivity contribution in [1.82, 2.24) is 4.90 Å². The lowest BCUT2D eigenvalue weighted by atomic mass is 10.0. The van der Waals surface area contributed by atoms with Gasteiger partial charge in [-0.1, -0.05) is 77.6 Å². The van der Waals surface area contributed by atoms with Crippen LogP contribution in [0.4, 0.5) is 0 Å². The minimum absolute atomic E-state index is 0.0209. The number of carbonyl (C=O) groups is 4. The van der Waals surface area contributed by atoms with Crippen LogP contribution in [0.25, 0.3) is 0 Å². The van der Waals surface area contributed by atoms with Gasteiger partial charge in [0.05, 0.1) is 11.9 Å². The zero-order valence-corrected chi connectivity index (χ0v) is 21.7. The van der Waals surface area contributed by atoms with Gasteiger partial charge in [0.1, 0.15) is 5.78 Å². The van der Waals surface area contributed by atoms with Gasteiger partial charge in [-0.2, -0.15) is 0 Å². The maximum atomic E-state index is 12.6. The number of imide groups is 1. The van der Waals surface area contributed by atoms with Crippen LogP contribution < -0.4 is 0 Å². The van der Waals surface area contributed by atoms with Crippen LogP contribution >= 0.6 is 11.8 Å². The summed E-state index contributed by atoms with van der Waals surface area (Å²) in [6.07, 6.45) is 16.4. The quantitative estimate of drug-likeness (QED) is 0.111. The molecule has 0 aromatic heterocycles. The second kappa shape index (κ2) is 19.0. The predicted octanol–water partition coefficient (Wildman–Crippen LogP) is 5.71. The first-order chi connectivity index (χ1) is 16.0. The molecule has 0 spiro atoms. The Hall–Kier alpha value is -1.37. The van der Waals surface area contributed by atoms with E-state index in [1.165, 1.54) is 68.0 Å². The molecule has 2 amide bonds. The number of ether oxygens (including phenoxy) is 1. The lowest BCUT2D eigenvalue weighted by Crippen LogP contribution is -2.32. The van der Waals surface area contributed by atoms with Crippen molar-refractivity contribution in [1.29, 1.82) is 0 Å². The Morgan fingerprint density at radius 3 is 1.97 bits per heavy atom. The normalized spacial score (nSPS) is 16.9. The first-order valence-electron chi connectivity index (χ1n) is 13.0. The second-order valence-electron chi connectivity index (χ2n) is 9.19. The second-order valence-corrected chi connectivity index (χ2v) is 10.4. The maximum absolute atomic E-state index is 12.6. The fourth-order valence-corrected chi connectivity index (χ4v) is 5.69. The van der Waals surface area contributed by atoms with Crippen LogP contribution in [0.15, 0.2) is 0 Å². The standard InChI is InChI=1S/C26H45NO5S/c1-3-23(22(2)29)20-33-24-19-25(30)27(26(24)31)17-15-13-11-9-7-5-4-6-8-10-12-14-16-18-32-21-28/h21,23-24H,3-20H2,1-2H3. The molecule has 1 aliphatic heterocycles. The highest BCUT2D eigenvalue weighted by atomic mass is 32.2. The monoisotopic (exact) mass is 483 g/mol. The van der Waals surface area contributed by atoms with E-state index in [4.69, 9.17) is 0 Å². The lowest BCUT2D eigenvalue weighted by Gasteiger charge is -2.16. The van der Waals surface area contributed by atoms with Crippen molar-refractivity contribution < 1.29 is 23.9 Å². The molecular weight excluding hydrogens is 438 g/mol. The van der Waals surface area contributed by atoms with Crippen molar-refractivity contribution in [3.8, 4) is 0 Å². The Morgan fingerprint density at radius 1 is 0.970 bits per heavy atom. The fraction of sp³-hybridized carbons (Fsp3) is 0.846. The number of ketones is 1. The van der Waals surface area contributed by atoms with Gasteiger partial charge in [-0.25, -0.2) is 0 Å². The molecule has 1 fully saturated rings. The van der Waals surface area contributed by atoms with E-state index in [2.05, 4.69) is 4.74 Å². The maximum Gasteiger partial charge on any atom is 0.293 e. The summed E-state index contributed by atoms with van der Waals surface area (Å²) < 4.78 is 4.68. The zero-order chi connectivity index (χ0) is 24.3. The van der Waals surface area contributed by atoms with E-state index in [1.54, 1.807) is 6.92 Å². The molecule has 2 unspecified atom stereocenters. The van der Waals surface area contributed by atoms with E-state index in [-0.39, 0.29) is 35.2 Å². The van der Waals surface area contributed by atoms with Crippen LogP contribution in [0.1, 0.15) is 110 Å². The molecule has 33 heavy (non-hydrogen) atoms. The van der Waals surface area contributed by atoms with Crippen molar-refractivity contribution in [3.63, 3.8) is 0 Å². The number of unbranched alkanes of at least 4 members (excludes halogenated alkanes) is 12. The van der Waals surface area contributed by atoms with Crippen LogP contribution in [0, 0.1) is 5.92 Å². The molecule has 1 rings (SSSR count). The third-order valence-corrected chi connectivity index (χ3v) is 7.85. The Bertz CT molecular complexity index is 583. The van der Waals surface area contributed by atoms with Crippen molar-refractivity contribution in [2.75, 3.05) is 18.9 Å². The van der Waals surface area contributed by atoms with E-state index in [1.807, 2.05) is 6.92 Å². The number of carbonyl (C=O) groups excluding carboxylic acids is 4. The summed E-state index contributed by atoms with van der Waals surface area (Å²) in [5, 5.41) is -0.303. The molecule has 7 heteroatoms. The Labute approximate surface area is 204 Å². The van der Waals surface area contributed by atoms with Crippen molar-refractivity contribution >= 4 is 35.8 Å². The largest absolute Gasteiger partial charge is 0.468 e. The van der Waals surface area contributed by atoms with E-state index in [0.717, 1.165) is 38.5 Å². The van der Waals surface area contributed by atoms with Gasteiger partial charge in [-0.3, -0.25) is 24.1 Å². The lowest BCUT2D eigenvalue weighted by molar-refractivity contribution is -0.138. The minimum atomic E-state index is -0.303. The number of hydrogen-bond donors (Lipinski definition) is 0. The SMILES string of the molecule is CCC(CSC1CC(=O)N(CCCCCCCCCCCCCCCOC=O)C1=O)C(C)=O. The molecule has 0 aromatic rings. The molecule has 0 radical (unpaired) electrons. The molecule has 0 aliphatic carbocycles. The highest BCUT2D eigenvalue weighted by Gasteiger charge is 2.38. The molecule has 1 aliphatic rings. The van der Waals surface area contributed by atoms with Gasteiger partial charge >= 0.3 is 0 Å². The number of thioether (sulfide) groups is 1. The molecule has 6 nitrogen and oxygen atoms in total. The summed E-state index contributed by atoms with van der Waals surface area (Å²) >= 11 is 1.48. The summed E-state index contributed by atoms with van der Waals surface area (Å²) in [7, 11) is 0. The van der Waals surface area contributed by atoms with Gasteiger partial charge in [0, 0.05) is 24.6 Å². The van der Waals surface area contributed by atoms with Crippen molar-refractivity contribution in [2.24, 2.45) is 5.92 Å². The number of rotatable bonds is 22. The fourth-order valence-electron chi connectivity index (χ4n) is 4.22. The molecule has 2 atom stereocenters. The van der Waals surface area contributed by atoms with E-state index >= 15 is 0 Å². The van der Waals surface area contributed by atoms with Crippen LogP contribution in [-0.2, 0) is 23.9 Å². The Balaban J connectivity index is 1.98. The number of likely N-dealkylation sites (tertiary alicyclic amines) is 1. The summed E-state index contributed by atoms with van der Waals surface area (Å²) in [5.41, 5.74) is 0. The Kier molecular flexibility index (Phi) is 17.1. The average Bonchev–Trinajstić information content (AvgIpc) is 3.06. The predicted molar refractivity (Wildman–Crippen MR) is 134 cm³/mol. The van der Waals surface area contributed by atoms with E-state index < -0.39 is 0 Å². The topological polar surface area (TPSA) is 80.8 Å². The first-order valence-corrected chi connectivity index (χ1v) is 14.1. The number of Topliss-reactive ketones (excluding diaryl/α,β-unsaturated/α-hetero) is 1. The van der Waals surface area contributed by atoms with Gasteiger partial charge in [-0.15, -0.1) is 11.8 Å². The first kappa shape index (κ1) is 29.7.